The summed E-state index contributed by atoms with van der Waals surface area (Å²) in [4.78, 5) is 11.1. The lowest BCUT2D eigenvalue weighted by molar-refractivity contribution is -0.117. The molecule has 1 nitrogen and oxygen atoms in total. The molecule has 1 aliphatic rings. The second-order valence-corrected chi connectivity index (χ2v) is 4.06. The summed E-state index contributed by atoms with van der Waals surface area (Å²) in [6.45, 7) is 0. The molecule has 0 bridgehead atoms. The molecule has 0 spiro atoms. The molecular weight excluding hydrogens is 203 g/mol. The number of carbonyl (C=O) groups excluding carboxylic acids is 1. The van der Waals surface area contributed by atoms with Crippen LogP contribution in [0.25, 0.3) is 0 Å². The predicted molar refractivity (Wildman–Crippen MR) is 53.0 cm³/mol. The summed E-state index contributed by atoms with van der Waals surface area (Å²) < 4.78 is 12.9. The fourth-order valence-corrected chi connectivity index (χ4v) is 2.05. The lowest BCUT2D eigenvalue weighted by Crippen LogP contribution is -1.94. The van der Waals surface area contributed by atoms with Crippen molar-refractivity contribution in [2.24, 2.45) is 0 Å². The first-order chi connectivity index (χ1) is 6.66. The van der Waals surface area contributed by atoms with Crippen LogP contribution in [0.5, 0.6) is 0 Å². The monoisotopic (exact) mass is 212 g/mol. The van der Waals surface area contributed by atoms with Gasteiger partial charge in [0.15, 0.2) is 0 Å². The molecule has 1 aromatic carbocycles. The number of halogens is 2. The summed E-state index contributed by atoms with van der Waals surface area (Å²) >= 11 is 5.67. The largest absolute Gasteiger partial charge is 0.300 e. The van der Waals surface area contributed by atoms with Crippen LogP contribution in [0.15, 0.2) is 18.2 Å². The highest BCUT2D eigenvalue weighted by molar-refractivity contribution is 6.30. The molecule has 1 fully saturated rings. The highest BCUT2D eigenvalue weighted by Gasteiger charge is 2.23. The fraction of sp³-hybridized carbons (Fsp3) is 0.364. The van der Waals surface area contributed by atoms with Crippen LogP contribution in [-0.2, 0) is 4.79 Å². The molecule has 14 heavy (non-hydrogen) atoms. The van der Waals surface area contributed by atoms with E-state index in [4.69, 9.17) is 11.6 Å². The van der Waals surface area contributed by atoms with E-state index in [9.17, 15) is 9.18 Å². The van der Waals surface area contributed by atoms with Gasteiger partial charge < -0.3 is 0 Å². The molecule has 0 aliphatic heterocycles. The third kappa shape index (κ3) is 1.80. The summed E-state index contributed by atoms with van der Waals surface area (Å²) in [5.41, 5.74) is 0.974. The topological polar surface area (TPSA) is 17.1 Å². The Morgan fingerprint density at radius 2 is 2.21 bits per heavy atom. The molecule has 0 N–H and O–H groups in total. The van der Waals surface area contributed by atoms with Crippen molar-refractivity contribution in [3.63, 3.8) is 0 Å². The van der Waals surface area contributed by atoms with E-state index in [1.54, 1.807) is 12.1 Å². The van der Waals surface area contributed by atoms with Crippen LogP contribution < -0.4 is 0 Å². The number of benzene rings is 1. The first-order valence-electron chi connectivity index (χ1n) is 4.63. The van der Waals surface area contributed by atoms with Crippen LogP contribution in [0.1, 0.15) is 30.7 Å². The second kappa shape index (κ2) is 3.70. The third-order valence-electron chi connectivity index (χ3n) is 2.66. The van der Waals surface area contributed by atoms with Gasteiger partial charge in [0, 0.05) is 12.8 Å². The molecule has 0 heterocycles. The lowest BCUT2D eigenvalue weighted by Gasteiger charge is -2.08. The Balaban J connectivity index is 2.24. The van der Waals surface area contributed by atoms with Gasteiger partial charge in [-0.2, -0.15) is 0 Å². The average Bonchev–Trinajstić information content (AvgIpc) is 2.57. The highest BCUT2D eigenvalue weighted by Crippen LogP contribution is 2.33. The van der Waals surface area contributed by atoms with Crippen LogP contribution in [0.4, 0.5) is 4.39 Å². The molecule has 74 valence electrons. The number of hydrogen-bond donors (Lipinski definition) is 0. The Hall–Kier alpha value is -0.890. The Bertz CT molecular complexity index is 376. The molecule has 0 aromatic heterocycles. The molecule has 3 heteroatoms. The van der Waals surface area contributed by atoms with Crippen LogP contribution in [0.2, 0.25) is 5.02 Å². The predicted octanol–water partition coefficient (Wildman–Crippen LogP) is 3.32. The quantitative estimate of drug-likeness (QED) is 0.698. The lowest BCUT2D eigenvalue weighted by atomic mass is 9.98. The molecular formula is C11H10ClFO. The zero-order valence-corrected chi connectivity index (χ0v) is 8.35. The van der Waals surface area contributed by atoms with Gasteiger partial charge in [-0.1, -0.05) is 17.7 Å². The Morgan fingerprint density at radius 1 is 1.43 bits per heavy atom. The van der Waals surface area contributed by atoms with Crippen LogP contribution >= 0.6 is 11.6 Å². The van der Waals surface area contributed by atoms with Crippen molar-refractivity contribution in [3.8, 4) is 0 Å². The van der Waals surface area contributed by atoms with E-state index in [0.717, 1.165) is 12.0 Å². The SMILES string of the molecule is O=C1CCC(c2ccc(F)c(Cl)c2)C1. The minimum atomic E-state index is -0.403. The first kappa shape index (κ1) is 9.66. The van der Waals surface area contributed by atoms with E-state index in [1.165, 1.54) is 6.07 Å². The maximum atomic E-state index is 12.9. The minimum Gasteiger partial charge on any atom is -0.300 e. The van der Waals surface area contributed by atoms with Crippen molar-refractivity contribution in [3.05, 3.63) is 34.6 Å². The standard InChI is InChI=1S/C11H10ClFO/c12-10-6-8(2-4-11(10)13)7-1-3-9(14)5-7/h2,4,6-7H,1,3,5H2. The average molecular weight is 213 g/mol. The van der Waals surface area contributed by atoms with Crippen molar-refractivity contribution in [1.29, 1.82) is 0 Å². The Labute approximate surface area is 86.9 Å². The zero-order chi connectivity index (χ0) is 10.1. The maximum absolute atomic E-state index is 12.9. The molecule has 1 unspecified atom stereocenters. The molecule has 1 atom stereocenters. The van der Waals surface area contributed by atoms with E-state index >= 15 is 0 Å². The number of hydrogen-bond acceptors (Lipinski definition) is 1. The summed E-state index contributed by atoms with van der Waals surface area (Å²) in [5.74, 6) is 0.121. The van der Waals surface area contributed by atoms with E-state index < -0.39 is 5.82 Å². The molecule has 0 saturated heterocycles. The second-order valence-electron chi connectivity index (χ2n) is 3.65. The molecule has 0 amide bonds. The van der Waals surface area contributed by atoms with Crippen molar-refractivity contribution in [2.75, 3.05) is 0 Å². The van der Waals surface area contributed by atoms with Gasteiger partial charge in [0.1, 0.15) is 11.6 Å². The van der Waals surface area contributed by atoms with Crippen LogP contribution in [-0.4, -0.2) is 5.78 Å². The summed E-state index contributed by atoms with van der Waals surface area (Å²) in [7, 11) is 0. The van der Waals surface area contributed by atoms with Gasteiger partial charge in [-0.05, 0) is 30.0 Å². The van der Waals surface area contributed by atoms with E-state index in [0.29, 0.717) is 12.8 Å². The smallest absolute Gasteiger partial charge is 0.141 e. The van der Waals surface area contributed by atoms with E-state index in [1.807, 2.05) is 0 Å². The molecule has 2 rings (SSSR count). The van der Waals surface area contributed by atoms with Gasteiger partial charge >= 0.3 is 0 Å². The van der Waals surface area contributed by atoms with Crippen molar-refractivity contribution in [1.82, 2.24) is 0 Å². The van der Waals surface area contributed by atoms with Gasteiger partial charge in [-0.25, -0.2) is 4.39 Å². The number of rotatable bonds is 1. The number of carbonyl (C=O) groups is 1. The molecule has 1 saturated carbocycles. The van der Waals surface area contributed by atoms with Gasteiger partial charge in [-0.15, -0.1) is 0 Å². The number of ketones is 1. The molecule has 0 radical (unpaired) electrons. The number of Topliss-reactive ketones (excluding diaryl/α,β-unsaturated/α-hetero) is 1. The first-order valence-corrected chi connectivity index (χ1v) is 5.01. The Kier molecular flexibility index (Phi) is 2.55. The summed E-state index contributed by atoms with van der Waals surface area (Å²) in [6.07, 6.45) is 2.07. The fourth-order valence-electron chi connectivity index (χ4n) is 1.86. The summed E-state index contributed by atoms with van der Waals surface area (Å²) in [5, 5.41) is 0.141. The van der Waals surface area contributed by atoms with E-state index in [2.05, 4.69) is 0 Å². The maximum Gasteiger partial charge on any atom is 0.141 e. The minimum absolute atomic E-state index is 0.141. The van der Waals surface area contributed by atoms with Crippen LogP contribution in [0, 0.1) is 5.82 Å². The molecule has 1 aliphatic carbocycles. The van der Waals surface area contributed by atoms with E-state index in [-0.39, 0.29) is 16.7 Å². The van der Waals surface area contributed by atoms with Gasteiger partial charge in [-0.3, -0.25) is 4.79 Å². The Morgan fingerprint density at radius 3 is 2.79 bits per heavy atom. The van der Waals surface area contributed by atoms with Gasteiger partial charge in [0.25, 0.3) is 0 Å². The van der Waals surface area contributed by atoms with Crippen molar-refractivity contribution in [2.45, 2.75) is 25.2 Å². The van der Waals surface area contributed by atoms with Gasteiger partial charge in [0.2, 0.25) is 0 Å². The van der Waals surface area contributed by atoms with Crippen molar-refractivity contribution < 1.29 is 9.18 Å². The molecule has 1 aromatic rings. The normalized spacial score (nSPS) is 21.6. The van der Waals surface area contributed by atoms with Crippen LogP contribution in [0.3, 0.4) is 0 Å². The zero-order valence-electron chi connectivity index (χ0n) is 7.59. The third-order valence-corrected chi connectivity index (χ3v) is 2.95. The summed E-state index contributed by atoms with van der Waals surface area (Å²) in [6, 6.07) is 4.70. The van der Waals surface area contributed by atoms with Crippen molar-refractivity contribution >= 4 is 17.4 Å². The van der Waals surface area contributed by atoms with Gasteiger partial charge in [0.05, 0.1) is 5.02 Å². The highest BCUT2D eigenvalue weighted by atomic mass is 35.5.